The van der Waals surface area contributed by atoms with Crippen molar-refractivity contribution >= 4 is 174 Å². The first-order valence-electron chi connectivity index (χ1n) is 21.4. The molecular weight excluding hydrogens is 731 g/mol. The molecule has 1 aromatic heterocycles. The number of hydrogen-bond acceptors (Lipinski definition) is 3. The summed E-state index contributed by atoms with van der Waals surface area (Å²) in [5, 5.41) is 26.5. The fourth-order valence-corrected chi connectivity index (χ4v) is 10.1. The number of nitrogens with zero attached hydrogens (tertiary/aromatic N) is 2. The van der Waals surface area contributed by atoms with E-state index in [4.69, 9.17) is 0 Å². The van der Waals surface area contributed by atoms with Gasteiger partial charge in [-0.25, -0.2) is 4.98 Å². The number of fused-ring (bicyclic) bond motifs is 3. The van der Waals surface area contributed by atoms with Crippen LogP contribution < -0.4 is 54.6 Å². The topological polar surface area (TPSA) is 58.3 Å². The van der Waals surface area contributed by atoms with Gasteiger partial charge in [0, 0.05) is 5.69 Å². The number of benzene rings is 8. The number of para-hydroxylation sites is 2. The molecule has 4 nitrogen and oxygen atoms in total. The van der Waals surface area contributed by atoms with Crippen LogP contribution in [-0.2, 0) is 5.69 Å². The van der Waals surface area contributed by atoms with Gasteiger partial charge in [0.2, 0.25) is 0 Å². The van der Waals surface area contributed by atoms with Crippen LogP contribution >= 0.6 is 0 Å². The second-order valence-electron chi connectivity index (χ2n) is 17.5. The Morgan fingerprint density at radius 3 is 1.21 bits per heavy atom. The van der Waals surface area contributed by atoms with Crippen molar-refractivity contribution in [1.82, 2.24) is 9.55 Å². The maximum atomic E-state index is 10.9. The Kier molecular flexibility index (Phi) is 10.1. The van der Waals surface area contributed by atoms with Gasteiger partial charge in [-0.15, -0.1) is 32.8 Å². The van der Waals surface area contributed by atoms with E-state index in [0.29, 0.717) is 5.52 Å². The summed E-state index contributed by atoms with van der Waals surface area (Å²) < 4.78 is 1.86. The van der Waals surface area contributed by atoms with Gasteiger partial charge in [-0.2, -0.15) is 0 Å². The van der Waals surface area contributed by atoms with E-state index >= 15 is 0 Å². The van der Waals surface area contributed by atoms with Crippen LogP contribution in [-0.4, -0.2) is 106 Å². The molecule has 1 heterocycles. The van der Waals surface area contributed by atoms with E-state index in [2.05, 4.69) is 168 Å². The quantitative estimate of drug-likeness (QED) is 0.101. The maximum Gasteiger partial charge on any atom is 0.188 e. The van der Waals surface area contributed by atoms with Crippen molar-refractivity contribution in [3.8, 4) is 50.2 Å². The average molecular weight is 775 g/mol. The zero-order chi connectivity index (χ0) is 43.2. The second kappa shape index (κ2) is 15.1. The van der Waals surface area contributed by atoms with Crippen molar-refractivity contribution in [1.29, 1.82) is 0 Å². The summed E-state index contributed by atoms with van der Waals surface area (Å²) in [7, 11) is 24.1. The van der Waals surface area contributed by atoms with E-state index in [1.54, 1.807) is 0 Å². The Balaban J connectivity index is 1.37. The molecule has 9 rings (SSSR count). The lowest BCUT2D eigenvalue weighted by Crippen LogP contribution is -2.55. The number of aliphatic hydroxyl groups is 2. The third kappa shape index (κ3) is 6.51. The van der Waals surface area contributed by atoms with Gasteiger partial charge in [0.15, 0.2) is 19.4 Å². The molecule has 0 atom stereocenters. The molecule has 15 heteroatoms. The highest BCUT2D eigenvalue weighted by molar-refractivity contribution is 6.70. The van der Waals surface area contributed by atoms with Gasteiger partial charge in [-0.3, -0.25) is 4.57 Å². The van der Waals surface area contributed by atoms with Crippen molar-refractivity contribution in [2.45, 2.75) is 5.69 Å². The molecule has 0 aliphatic heterocycles. The Bertz CT molecular complexity index is 3120. The summed E-state index contributed by atoms with van der Waals surface area (Å²) in [6.45, 7) is 0. The molecule has 0 unspecified atom stereocenters. The molecule has 0 fully saturated rings. The molecular formula is C46H43B11N2O2. The third-order valence-corrected chi connectivity index (χ3v) is 14.1. The zero-order valence-electron chi connectivity index (χ0n) is 37.3. The predicted molar refractivity (Wildman–Crippen MR) is 294 cm³/mol. The lowest BCUT2D eigenvalue weighted by Gasteiger charge is -2.25. The Morgan fingerprint density at radius 1 is 0.393 bits per heavy atom. The van der Waals surface area contributed by atoms with Crippen molar-refractivity contribution < 1.29 is 10.2 Å². The van der Waals surface area contributed by atoms with Crippen molar-refractivity contribution in [2.75, 3.05) is 0 Å². The monoisotopic (exact) mass is 776 g/mol. The number of aromatic nitrogens is 2. The molecule has 0 saturated carbocycles. The third-order valence-electron chi connectivity index (χ3n) is 14.1. The van der Waals surface area contributed by atoms with Gasteiger partial charge in [-0.1, -0.05) is 94.6 Å². The molecule has 0 saturated heterocycles. The van der Waals surface area contributed by atoms with Gasteiger partial charge < -0.3 is 10.2 Å². The van der Waals surface area contributed by atoms with Crippen LogP contribution in [0.5, 0.6) is 0 Å². The molecule has 61 heavy (non-hydrogen) atoms. The molecule has 8 aromatic carbocycles. The molecule has 0 spiro atoms. The van der Waals surface area contributed by atoms with Crippen LogP contribution in [0.15, 0.2) is 115 Å². The van der Waals surface area contributed by atoms with Crippen LogP contribution in [0.4, 0.5) is 0 Å². The van der Waals surface area contributed by atoms with E-state index in [0.717, 1.165) is 33.1 Å². The Morgan fingerprint density at radius 2 is 0.770 bits per heavy atom. The maximum absolute atomic E-state index is 10.9. The molecule has 0 aliphatic rings. The van der Waals surface area contributed by atoms with Gasteiger partial charge in [0.1, 0.15) is 78.5 Å². The van der Waals surface area contributed by atoms with Crippen LogP contribution in [0, 0.1) is 0 Å². The van der Waals surface area contributed by atoms with Crippen molar-refractivity contribution in [3.63, 3.8) is 0 Å². The standard InChI is InChI=1S/C46H43B11N2O2/c47-35-33(36(48)40(52)43(55)39(35)51)22-16-21(17-23(18-22)34-37(49)41(53)44(56)42(54)38(34)50)32-27-12-3-1-10-25(27)31(26-11-2-4-13-28(26)32)20-8-7-9-24(19-20)59-30-15-6-5-14-29(30)58-45(59)46(57,60)61/h1-19,60-61H,47-57H2. The van der Waals surface area contributed by atoms with Crippen LogP contribution in [0.2, 0.25) is 0 Å². The first kappa shape index (κ1) is 40.8. The van der Waals surface area contributed by atoms with Gasteiger partial charge >= 0.3 is 0 Å². The summed E-state index contributed by atoms with van der Waals surface area (Å²) in [6, 6.07) is 41.0. The summed E-state index contributed by atoms with van der Waals surface area (Å²) >= 11 is 0. The van der Waals surface area contributed by atoms with Crippen molar-refractivity contribution in [2.24, 2.45) is 0 Å². The highest BCUT2D eigenvalue weighted by atomic mass is 16.5. The fourth-order valence-electron chi connectivity index (χ4n) is 10.1. The number of rotatable bonds is 6. The van der Waals surface area contributed by atoms with E-state index in [-0.39, 0.29) is 5.82 Å². The number of imidazole rings is 1. The Labute approximate surface area is 368 Å². The molecule has 0 bridgehead atoms. The molecule has 0 radical (unpaired) electrons. The number of hydrogen-bond donors (Lipinski definition) is 2. The summed E-state index contributed by atoms with van der Waals surface area (Å²) in [4.78, 5) is 4.68. The molecule has 2 N–H and O–H groups in total. The SMILES string of the molecule is Bc1c(B)c(B)c(-c2cc(-c3c(B)c(B)c(B)c(B)c3B)cc(-c3c4ccccc4c(-c4cccc(-n5c(C(B)(O)O)nc6ccccc65)c4)c4ccccc34)c2)c(B)c1B. The van der Waals surface area contributed by atoms with Gasteiger partial charge in [-0.05, 0) is 109 Å². The minimum Gasteiger partial charge on any atom is -0.367 e. The lowest BCUT2D eigenvalue weighted by atomic mass is 9.59. The Hall–Kier alpha value is -5.62. The smallest absolute Gasteiger partial charge is 0.188 e. The largest absolute Gasteiger partial charge is 0.367 e. The first-order valence-corrected chi connectivity index (χ1v) is 21.4. The molecule has 0 amide bonds. The summed E-state index contributed by atoms with van der Waals surface area (Å²) in [5.74, 6) is 0.167. The molecule has 0 aliphatic carbocycles. The van der Waals surface area contributed by atoms with Gasteiger partial charge in [0.25, 0.3) is 0 Å². The molecule has 282 valence electrons. The van der Waals surface area contributed by atoms with E-state index in [9.17, 15) is 10.2 Å². The van der Waals surface area contributed by atoms with E-state index in [1.165, 1.54) is 107 Å². The minimum absolute atomic E-state index is 0.167. The van der Waals surface area contributed by atoms with Crippen LogP contribution in [0.25, 0.3) is 82.8 Å². The van der Waals surface area contributed by atoms with Crippen molar-refractivity contribution in [3.05, 3.63) is 121 Å². The van der Waals surface area contributed by atoms with Crippen LogP contribution in [0.1, 0.15) is 5.82 Å². The summed E-state index contributed by atoms with van der Waals surface area (Å²) in [5.41, 5.74) is 23.2. The van der Waals surface area contributed by atoms with Gasteiger partial charge in [0.05, 0.1) is 11.0 Å². The lowest BCUT2D eigenvalue weighted by molar-refractivity contribution is -0.0985. The highest BCUT2D eigenvalue weighted by Gasteiger charge is 2.28. The average Bonchev–Trinajstić information content (AvgIpc) is 3.66. The highest BCUT2D eigenvalue weighted by Crippen LogP contribution is 2.45. The first-order chi connectivity index (χ1) is 29.1. The van der Waals surface area contributed by atoms with E-state index < -0.39 is 5.69 Å². The minimum atomic E-state index is -2.15. The molecule has 9 aromatic rings. The summed E-state index contributed by atoms with van der Waals surface area (Å²) in [6.07, 6.45) is 0. The van der Waals surface area contributed by atoms with E-state index in [1.807, 2.05) is 34.9 Å². The predicted octanol–water partition coefficient (Wildman–Crippen LogP) is -7.69. The second-order valence-corrected chi connectivity index (χ2v) is 17.5. The zero-order valence-corrected chi connectivity index (χ0v) is 37.3. The fraction of sp³-hybridized carbons (Fsp3) is 0.0217. The normalized spacial score (nSPS) is 11.8. The van der Waals surface area contributed by atoms with Crippen LogP contribution in [0.3, 0.4) is 0 Å².